The van der Waals surface area contributed by atoms with E-state index in [9.17, 15) is 19.2 Å². The molecule has 0 fully saturated rings. The SMILES string of the molecule is CCOC(=O)CC[C@H](NC(=O)C(C)NC(N)=O)C(=O)O. The Morgan fingerprint density at radius 3 is 2.30 bits per heavy atom. The van der Waals surface area contributed by atoms with Crippen molar-refractivity contribution in [1.82, 2.24) is 10.6 Å². The lowest BCUT2D eigenvalue weighted by molar-refractivity contribution is -0.145. The number of urea groups is 1. The first-order valence-corrected chi connectivity index (χ1v) is 6.02. The fraction of sp³-hybridized carbons (Fsp3) is 0.636. The molecule has 3 amide bonds. The van der Waals surface area contributed by atoms with E-state index in [2.05, 4.69) is 15.4 Å². The van der Waals surface area contributed by atoms with Gasteiger partial charge >= 0.3 is 18.0 Å². The van der Waals surface area contributed by atoms with Crippen molar-refractivity contribution >= 4 is 23.9 Å². The first-order chi connectivity index (χ1) is 9.27. The standard InChI is InChI=1S/C11H19N3O6/c1-3-20-8(15)5-4-7(10(17)18)14-9(16)6(2)13-11(12)19/h6-7H,3-5H2,1-2H3,(H,14,16)(H,17,18)(H3,12,13,19)/t6?,7-/m0/s1. The van der Waals surface area contributed by atoms with Gasteiger partial charge in [-0.25, -0.2) is 9.59 Å². The van der Waals surface area contributed by atoms with Crippen molar-refractivity contribution in [2.24, 2.45) is 5.73 Å². The molecule has 0 spiro atoms. The van der Waals surface area contributed by atoms with Gasteiger partial charge in [0.1, 0.15) is 12.1 Å². The molecule has 0 radical (unpaired) electrons. The molecular formula is C11H19N3O6. The highest BCUT2D eigenvalue weighted by molar-refractivity contribution is 5.89. The van der Waals surface area contributed by atoms with Gasteiger partial charge in [0.25, 0.3) is 0 Å². The van der Waals surface area contributed by atoms with E-state index in [0.717, 1.165) is 0 Å². The van der Waals surface area contributed by atoms with Gasteiger partial charge in [0.05, 0.1) is 6.61 Å². The number of hydrogen-bond acceptors (Lipinski definition) is 5. The number of nitrogens with one attached hydrogen (secondary N) is 2. The predicted molar refractivity (Wildman–Crippen MR) is 67.6 cm³/mol. The van der Waals surface area contributed by atoms with Crippen LogP contribution in [0, 0.1) is 0 Å². The number of amides is 3. The molecule has 0 rings (SSSR count). The fourth-order valence-corrected chi connectivity index (χ4v) is 1.33. The molecule has 1 unspecified atom stereocenters. The number of carboxylic acid groups (broad SMARTS) is 1. The van der Waals surface area contributed by atoms with Gasteiger partial charge in [0.15, 0.2) is 0 Å². The molecule has 0 saturated carbocycles. The molecule has 114 valence electrons. The highest BCUT2D eigenvalue weighted by Crippen LogP contribution is 2.01. The number of rotatable bonds is 8. The van der Waals surface area contributed by atoms with E-state index >= 15 is 0 Å². The van der Waals surface area contributed by atoms with Gasteiger partial charge < -0.3 is 26.2 Å². The molecule has 9 heteroatoms. The lowest BCUT2D eigenvalue weighted by atomic mass is 10.1. The van der Waals surface area contributed by atoms with Crippen molar-refractivity contribution < 1.29 is 29.0 Å². The molecule has 0 aromatic heterocycles. The van der Waals surface area contributed by atoms with Gasteiger partial charge in [-0.3, -0.25) is 9.59 Å². The first-order valence-electron chi connectivity index (χ1n) is 6.02. The largest absolute Gasteiger partial charge is 0.480 e. The average Bonchev–Trinajstić information content (AvgIpc) is 2.33. The Morgan fingerprint density at radius 1 is 1.25 bits per heavy atom. The summed E-state index contributed by atoms with van der Waals surface area (Å²) in [7, 11) is 0. The van der Waals surface area contributed by atoms with E-state index in [4.69, 9.17) is 10.8 Å². The van der Waals surface area contributed by atoms with Crippen LogP contribution in [-0.4, -0.2) is 47.7 Å². The van der Waals surface area contributed by atoms with E-state index in [0.29, 0.717) is 0 Å². The summed E-state index contributed by atoms with van der Waals surface area (Å²) in [5.41, 5.74) is 4.85. The van der Waals surface area contributed by atoms with Gasteiger partial charge in [0.2, 0.25) is 5.91 Å². The lowest BCUT2D eigenvalue weighted by Crippen LogP contribution is -2.51. The summed E-state index contributed by atoms with van der Waals surface area (Å²) in [6, 6.07) is -3.12. The van der Waals surface area contributed by atoms with Gasteiger partial charge in [-0.15, -0.1) is 0 Å². The summed E-state index contributed by atoms with van der Waals surface area (Å²) >= 11 is 0. The fourth-order valence-electron chi connectivity index (χ4n) is 1.33. The van der Waals surface area contributed by atoms with Crippen LogP contribution in [0.3, 0.4) is 0 Å². The smallest absolute Gasteiger partial charge is 0.326 e. The van der Waals surface area contributed by atoms with Crippen LogP contribution in [0.4, 0.5) is 4.79 Å². The number of carbonyl (C=O) groups is 4. The Hall–Kier alpha value is -2.32. The molecule has 0 aliphatic carbocycles. The second kappa shape index (κ2) is 8.73. The minimum absolute atomic E-state index is 0.108. The number of nitrogens with two attached hydrogens (primary N) is 1. The minimum atomic E-state index is -1.28. The van der Waals surface area contributed by atoms with E-state index in [1.807, 2.05) is 0 Å². The monoisotopic (exact) mass is 289 g/mol. The Morgan fingerprint density at radius 2 is 1.85 bits per heavy atom. The van der Waals surface area contributed by atoms with Crippen LogP contribution in [0.15, 0.2) is 0 Å². The zero-order chi connectivity index (χ0) is 15.7. The summed E-state index contributed by atoms with van der Waals surface area (Å²) in [5.74, 6) is -2.54. The molecule has 0 aromatic rings. The molecule has 0 aliphatic rings. The van der Waals surface area contributed by atoms with Crippen LogP contribution in [0.2, 0.25) is 0 Å². The summed E-state index contributed by atoms with van der Waals surface area (Å²) in [5, 5.41) is 13.3. The molecule has 2 atom stereocenters. The number of esters is 1. The Kier molecular flexibility index (Phi) is 7.71. The number of aliphatic carboxylic acids is 1. The Balaban J connectivity index is 4.40. The van der Waals surface area contributed by atoms with E-state index in [1.165, 1.54) is 6.92 Å². The molecule has 20 heavy (non-hydrogen) atoms. The zero-order valence-corrected chi connectivity index (χ0v) is 11.3. The first kappa shape index (κ1) is 17.7. The van der Waals surface area contributed by atoms with Crippen LogP contribution in [0.25, 0.3) is 0 Å². The van der Waals surface area contributed by atoms with Crippen molar-refractivity contribution in [3.63, 3.8) is 0 Å². The third-order valence-electron chi connectivity index (χ3n) is 2.31. The maximum Gasteiger partial charge on any atom is 0.326 e. The highest BCUT2D eigenvalue weighted by Gasteiger charge is 2.24. The summed E-state index contributed by atoms with van der Waals surface area (Å²) in [4.78, 5) is 44.3. The van der Waals surface area contributed by atoms with Crippen molar-refractivity contribution in [1.29, 1.82) is 0 Å². The molecule has 0 saturated heterocycles. The quantitative estimate of drug-likeness (QED) is 0.419. The maximum absolute atomic E-state index is 11.6. The number of ether oxygens (including phenoxy) is 1. The second-order valence-corrected chi connectivity index (χ2v) is 3.97. The van der Waals surface area contributed by atoms with Gasteiger partial charge in [0, 0.05) is 6.42 Å². The number of primary amides is 1. The number of carboxylic acids is 1. The predicted octanol–water partition coefficient (Wildman–Crippen LogP) is -1.04. The number of hydrogen-bond donors (Lipinski definition) is 4. The molecule has 0 heterocycles. The van der Waals surface area contributed by atoms with Crippen LogP contribution >= 0.6 is 0 Å². The molecule has 9 nitrogen and oxygen atoms in total. The van der Waals surface area contributed by atoms with Gasteiger partial charge in [-0.05, 0) is 20.3 Å². The normalized spacial score (nSPS) is 12.9. The van der Waals surface area contributed by atoms with E-state index in [-0.39, 0.29) is 19.4 Å². The molecular weight excluding hydrogens is 270 g/mol. The van der Waals surface area contributed by atoms with Crippen molar-refractivity contribution in [3.05, 3.63) is 0 Å². The van der Waals surface area contributed by atoms with Gasteiger partial charge in [-0.1, -0.05) is 0 Å². The molecule has 5 N–H and O–H groups in total. The van der Waals surface area contributed by atoms with E-state index in [1.54, 1.807) is 6.92 Å². The highest BCUT2D eigenvalue weighted by atomic mass is 16.5. The number of carbonyl (C=O) groups excluding carboxylic acids is 3. The third kappa shape index (κ3) is 7.19. The molecule has 0 aromatic carbocycles. The topological polar surface area (TPSA) is 148 Å². The lowest BCUT2D eigenvalue weighted by Gasteiger charge is -2.17. The Bertz CT molecular complexity index is 384. The van der Waals surface area contributed by atoms with Crippen molar-refractivity contribution in [2.75, 3.05) is 6.61 Å². The zero-order valence-electron chi connectivity index (χ0n) is 11.3. The van der Waals surface area contributed by atoms with Crippen LogP contribution in [0.1, 0.15) is 26.7 Å². The van der Waals surface area contributed by atoms with Gasteiger partial charge in [-0.2, -0.15) is 0 Å². The summed E-state index contributed by atoms with van der Waals surface area (Å²) in [6.07, 6.45) is -0.244. The van der Waals surface area contributed by atoms with E-state index < -0.39 is 36.0 Å². The van der Waals surface area contributed by atoms with Crippen LogP contribution < -0.4 is 16.4 Å². The minimum Gasteiger partial charge on any atom is -0.480 e. The van der Waals surface area contributed by atoms with Crippen molar-refractivity contribution in [2.45, 2.75) is 38.8 Å². The molecule has 0 aliphatic heterocycles. The van der Waals surface area contributed by atoms with Crippen LogP contribution in [0.5, 0.6) is 0 Å². The van der Waals surface area contributed by atoms with Crippen LogP contribution in [-0.2, 0) is 19.1 Å². The third-order valence-corrected chi connectivity index (χ3v) is 2.31. The summed E-state index contributed by atoms with van der Waals surface area (Å²) in [6.45, 7) is 3.18. The maximum atomic E-state index is 11.6. The average molecular weight is 289 g/mol. The second-order valence-electron chi connectivity index (χ2n) is 3.97. The summed E-state index contributed by atoms with van der Waals surface area (Å²) < 4.78 is 4.66. The Labute approximate surface area is 115 Å². The molecule has 0 bridgehead atoms. The van der Waals surface area contributed by atoms with Crippen molar-refractivity contribution in [3.8, 4) is 0 Å².